The molecule has 2 aromatic carbocycles. The first kappa shape index (κ1) is 14.6. The molecule has 1 aliphatic rings. The van der Waals surface area contributed by atoms with Crippen LogP contribution in [-0.2, 0) is 0 Å². The van der Waals surface area contributed by atoms with Gasteiger partial charge in [0.2, 0.25) is 0 Å². The van der Waals surface area contributed by atoms with Crippen LogP contribution in [0.5, 0.6) is 0 Å². The number of nitrogens with one attached hydrogen (secondary N) is 1. The van der Waals surface area contributed by atoms with Gasteiger partial charge in [0.15, 0.2) is 0 Å². The largest absolute Gasteiger partial charge is 0.465 e. The van der Waals surface area contributed by atoms with Crippen LogP contribution in [0.1, 0.15) is 24.1 Å². The van der Waals surface area contributed by atoms with E-state index in [9.17, 15) is 4.79 Å². The topological polar surface area (TPSA) is 52.6 Å². The van der Waals surface area contributed by atoms with E-state index in [-0.39, 0.29) is 11.6 Å². The number of carbonyl (C=O) groups is 1. The first-order valence-electron chi connectivity index (χ1n) is 7.42. The van der Waals surface area contributed by atoms with Gasteiger partial charge < -0.3 is 10.4 Å². The highest BCUT2D eigenvalue weighted by Gasteiger charge is 2.43. The Bertz CT molecular complexity index is 597. The van der Waals surface area contributed by atoms with E-state index in [1.54, 1.807) is 0 Å². The van der Waals surface area contributed by atoms with Gasteiger partial charge in [0.25, 0.3) is 0 Å². The van der Waals surface area contributed by atoms with Crippen LogP contribution in [0.3, 0.4) is 0 Å². The van der Waals surface area contributed by atoms with Gasteiger partial charge in [-0.1, -0.05) is 60.7 Å². The molecule has 1 aliphatic heterocycles. The molecule has 1 saturated heterocycles. The van der Waals surface area contributed by atoms with E-state index in [4.69, 9.17) is 5.11 Å². The van der Waals surface area contributed by atoms with Gasteiger partial charge in [0.05, 0.1) is 11.6 Å². The summed E-state index contributed by atoms with van der Waals surface area (Å²) < 4.78 is 0. The highest BCUT2D eigenvalue weighted by atomic mass is 16.4. The fourth-order valence-corrected chi connectivity index (χ4v) is 3.25. The van der Waals surface area contributed by atoms with E-state index < -0.39 is 6.09 Å². The number of nitrogens with zero attached hydrogens (tertiary/aromatic N) is 1. The van der Waals surface area contributed by atoms with Crippen molar-refractivity contribution in [2.24, 2.45) is 0 Å². The van der Waals surface area contributed by atoms with Crippen LogP contribution in [0.25, 0.3) is 0 Å². The van der Waals surface area contributed by atoms with Crippen molar-refractivity contribution in [1.29, 1.82) is 0 Å². The molecular weight excluding hydrogens is 276 g/mol. The maximum Gasteiger partial charge on any atom is 0.405 e. The number of carboxylic acid groups (broad SMARTS) is 1. The molecule has 0 bridgehead atoms. The van der Waals surface area contributed by atoms with Crippen molar-refractivity contribution in [1.82, 2.24) is 10.2 Å². The van der Waals surface area contributed by atoms with Gasteiger partial charge in [-0.05, 0) is 18.1 Å². The third kappa shape index (κ3) is 2.97. The number of hydrogen-bond donors (Lipinski definition) is 2. The number of amides is 1. The third-order valence-corrected chi connectivity index (χ3v) is 4.11. The monoisotopic (exact) mass is 296 g/mol. The molecule has 0 aliphatic carbocycles. The molecule has 1 amide bonds. The molecule has 2 N–H and O–H groups in total. The molecule has 0 saturated carbocycles. The van der Waals surface area contributed by atoms with Gasteiger partial charge in [-0.25, -0.2) is 4.79 Å². The zero-order chi connectivity index (χ0) is 15.6. The fraction of sp³-hybridized carbons (Fsp3) is 0.278. The predicted molar refractivity (Wildman–Crippen MR) is 85.9 cm³/mol. The van der Waals surface area contributed by atoms with E-state index in [2.05, 4.69) is 34.5 Å². The maximum absolute atomic E-state index is 10.9. The van der Waals surface area contributed by atoms with E-state index in [1.165, 1.54) is 11.1 Å². The minimum Gasteiger partial charge on any atom is -0.465 e. The van der Waals surface area contributed by atoms with E-state index in [0.717, 1.165) is 0 Å². The zero-order valence-corrected chi connectivity index (χ0v) is 12.6. The van der Waals surface area contributed by atoms with Gasteiger partial charge in [-0.2, -0.15) is 0 Å². The molecule has 3 rings (SSSR count). The Kier molecular flexibility index (Phi) is 3.86. The lowest BCUT2D eigenvalue weighted by Crippen LogP contribution is -2.68. The van der Waals surface area contributed by atoms with E-state index in [0.29, 0.717) is 13.1 Å². The Hall–Kier alpha value is -2.33. The predicted octanol–water partition coefficient (Wildman–Crippen LogP) is 3.12. The third-order valence-electron chi connectivity index (χ3n) is 4.11. The second-order valence-electron chi connectivity index (χ2n) is 6.12. The van der Waals surface area contributed by atoms with Crippen LogP contribution in [-0.4, -0.2) is 34.7 Å². The van der Waals surface area contributed by atoms with Crippen LogP contribution in [0, 0.1) is 0 Å². The fourth-order valence-electron chi connectivity index (χ4n) is 3.25. The summed E-state index contributed by atoms with van der Waals surface area (Å²) in [5.41, 5.74) is 2.09. The van der Waals surface area contributed by atoms with Crippen molar-refractivity contribution < 1.29 is 9.90 Å². The Morgan fingerprint density at radius 1 is 1.05 bits per heavy atom. The molecule has 0 unspecified atom stereocenters. The molecule has 114 valence electrons. The molecule has 0 atom stereocenters. The smallest absolute Gasteiger partial charge is 0.405 e. The van der Waals surface area contributed by atoms with Crippen molar-refractivity contribution in [2.45, 2.75) is 18.5 Å². The number of rotatable bonds is 4. The highest BCUT2D eigenvalue weighted by molar-refractivity contribution is 5.66. The molecule has 1 heterocycles. The molecule has 4 heteroatoms. The lowest BCUT2D eigenvalue weighted by molar-refractivity contribution is 0.0303. The molecule has 2 aromatic rings. The Morgan fingerprint density at radius 3 is 1.91 bits per heavy atom. The van der Waals surface area contributed by atoms with E-state index in [1.807, 2.05) is 43.3 Å². The van der Waals surface area contributed by atoms with Gasteiger partial charge in [-0.3, -0.25) is 4.90 Å². The van der Waals surface area contributed by atoms with Crippen LogP contribution in [0.15, 0.2) is 60.7 Å². The average Bonchev–Trinajstić information content (AvgIpc) is 2.47. The summed E-state index contributed by atoms with van der Waals surface area (Å²) in [5.74, 6) is 0. The summed E-state index contributed by atoms with van der Waals surface area (Å²) >= 11 is 0. The van der Waals surface area contributed by atoms with Crippen LogP contribution < -0.4 is 5.32 Å². The molecule has 0 radical (unpaired) electrons. The van der Waals surface area contributed by atoms with Crippen molar-refractivity contribution >= 4 is 6.09 Å². The van der Waals surface area contributed by atoms with Crippen LogP contribution in [0.4, 0.5) is 4.79 Å². The first-order valence-corrected chi connectivity index (χ1v) is 7.42. The quantitative estimate of drug-likeness (QED) is 0.911. The number of benzene rings is 2. The summed E-state index contributed by atoms with van der Waals surface area (Å²) in [4.78, 5) is 13.2. The molecule has 1 fully saturated rings. The SMILES string of the molecule is CC1(NC(=O)O)CN(C(c2ccccc2)c2ccccc2)C1. The summed E-state index contributed by atoms with van der Waals surface area (Å²) in [7, 11) is 0. The molecule has 22 heavy (non-hydrogen) atoms. The van der Waals surface area contributed by atoms with Gasteiger partial charge in [0.1, 0.15) is 0 Å². The van der Waals surface area contributed by atoms with Crippen LogP contribution in [0.2, 0.25) is 0 Å². The summed E-state index contributed by atoms with van der Waals surface area (Å²) in [5, 5.41) is 11.6. The highest BCUT2D eigenvalue weighted by Crippen LogP contribution is 2.35. The van der Waals surface area contributed by atoms with E-state index >= 15 is 0 Å². The molecule has 4 nitrogen and oxygen atoms in total. The summed E-state index contributed by atoms with van der Waals surface area (Å²) in [6.07, 6.45) is -0.960. The normalized spacial score (nSPS) is 17.0. The minimum absolute atomic E-state index is 0.158. The molecule has 0 aromatic heterocycles. The second-order valence-corrected chi connectivity index (χ2v) is 6.12. The number of hydrogen-bond acceptors (Lipinski definition) is 2. The first-order chi connectivity index (χ1) is 10.6. The summed E-state index contributed by atoms with van der Waals surface area (Å²) in [6.45, 7) is 3.35. The van der Waals surface area contributed by atoms with Crippen molar-refractivity contribution in [2.75, 3.05) is 13.1 Å². The van der Waals surface area contributed by atoms with Crippen molar-refractivity contribution in [3.8, 4) is 0 Å². The molecular formula is C18H20N2O2. The lowest BCUT2D eigenvalue weighted by Gasteiger charge is -2.51. The standard InChI is InChI=1S/C18H20N2O2/c1-18(19-17(21)22)12-20(13-18)16(14-8-4-2-5-9-14)15-10-6-3-7-11-15/h2-11,16,19H,12-13H2,1H3,(H,21,22). The van der Waals surface area contributed by atoms with Gasteiger partial charge in [0, 0.05) is 13.1 Å². The summed E-state index contributed by atoms with van der Waals surface area (Å²) in [6, 6.07) is 20.8. The minimum atomic E-state index is -0.960. The number of likely N-dealkylation sites (tertiary alicyclic amines) is 1. The lowest BCUT2D eigenvalue weighted by atomic mass is 9.86. The average molecular weight is 296 g/mol. The Balaban J connectivity index is 1.84. The van der Waals surface area contributed by atoms with Crippen LogP contribution >= 0.6 is 0 Å². The van der Waals surface area contributed by atoms with Gasteiger partial charge in [-0.15, -0.1) is 0 Å². The Labute approximate surface area is 130 Å². The second kappa shape index (κ2) is 5.81. The molecule has 0 spiro atoms. The van der Waals surface area contributed by atoms with Crippen molar-refractivity contribution in [3.05, 3.63) is 71.8 Å². The zero-order valence-electron chi connectivity index (χ0n) is 12.6. The van der Waals surface area contributed by atoms with Gasteiger partial charge >= 0.3 is 6.09 Å². The Morgan fingerprint density at radius 2 is 1.50 bits per heavy atom. The van der Waals surface area contributed by atoms with Crippen molar-refractivity contribution in [3.63, 3.8) is 0 Å². The maximum atomic E-state index is 10.9.